The number of halogens is 1. The molecular weight excluding hydrogens is 212 g/mol. The van der Waals surface area contributed by atoms with E-state index >= 15 is 0 Å². The molecule has 15 heavy (non-hydrogen) atoms. The van der Waals surface area contributed by atoms with Crippen LogP contribution < -0.4 is 10.2 Å². The Morgan fingerprint density at radius 2 is 2.27 bits per heavy atom. The van der Waals surface area contributed by atoms with Crippen LogP contribution in [0.25, 0.3) is 0 Å². The Bertz CT molecular complexity index is 293. The first-order valence-electron chi connectivity index (χ1n) is 5.13. The zero-order valence-electron chi connectivity index (χ0n) is 9.20. The molecule has 1 rings (SSSR count). The lowest BCUT2D eigenvalue weighted by Crippen LogP contribution is -2.30. The lowest BCUT2D eigenvalue weighted by atomic mass is 10.4. The first-order valence-corrected chi connectivity index (χ1v) is 5.51. The van der Waals surface area contributed by atoms with Gasteiger partial charge >= 0.3 is 0 Å². The van der Waals surface area contributed by atoms with Crippen molar-refractivity contribution in [2.75, 3.05) is 31.6 Å². The highest BCUT2D eigenvalue weighted by molar-refractivity contribution is 6.32. The van der Waals surface area contributed by atoms with E-state index in [1.165, 1.54) is 6.33 Å². The maximum Gasteiger partial charge on any atom is 0.150 e. The number of anilines is 1. The summed E-state index contributed by atoms with van der Waals surface area (Å²) in [6.07, 6.45) is 4.27. The summed E-state index contributed by atoms with van der Waals surface area (Å²) >= 11 is 5.97. The Morgan fingerprint density at radius 3 is 2.93 bits per heavy atom. The van der Waals surface area contributed by atoms with E-state index in [-0.39, 0.29) is 0 Å². The van der Waals surface area contributed by atoms with Crippen LogP contribution >= 0.6 is 11.6 Å². The maximum absolute atomic E-state index is 5.97. The molecule has 0 amide bonds. The molecule has 0 atom stereocenters. The number of hydrogen-bond donors (Lipinski definition) is 1. The van der Waals surface area contributed by atoms with Gasteiger partial charge in [-0.05, 0) is 13.0 Å². The fourth-order valence-corrected chi connectivity index (χ4v) is 1.49. The van der Waals surface area contributed by atoms with Gasteiger partial charge in [-0.1, -0.05) is 18.5 Å². The molecule has 0 bridgehead atoms. The van der Waals surface area contributed by atoms with Gasteiger partial charge in [-0.25, -0.2) is 9.97 Å². The fourth-order valence-electron chi connectivity index (χ4n) is 1.24. The number of nitrogens with zero attached hydrogens (tertiary/aromatic N) is 3. The van der Waals surface area contributed by atoms with E-state index in [9.17, 15) is 0 Å². The van der Waals surface area contributed by atoms with Gasteiger partial charge in [0.05, 0.1) is 6.20 Å². The quantitative estimate of drug-likeness (QED) is 0.751. The summed E-state index contributed by atoms with van der Waals surface area (Å²) in [6.45, 7) is 5.02. The second-order valence-electron chi connectivity index (χ2n) is 3.37. The standard InChI is InChI=1S/C10H17ClN4/c1-3-4-12-5-6-15(2)10-9(11)7-13-8-14-10/h7-8,12H,3-6H2,1-2H3. The van der Waals surface area contributed by atoms with Gasteiger partial charge in [-0.15, -0.1) is 0 Å². The van der Waals surface area contributed by atoms with Crippen LogP contribution in [-0.2, 0) is 0 Å². The van der Waals surface area contributed by atoms with E-state index in [1.54, 1.807) is 6.20 Å². The Morgan fingerprint density at radius 1 is 1.47 bits per heavy atom. The van der Waals surface area contributed by atoms with Crippen molar-refractivity contribution in [3.8, 4) is 0 Å². The lowest BCUT2D eigenvalue weighted by molar-refractivity contribution is 0.664. The van der Waals surface area contributed by atoms with Crippen LogP contribution in [0.1, 0.15) is 13.3 Å². The fraction of sp³-hybridized carbons (Fsp3) is 0.600. The summed E-state index contributed by atoms with van der Waals surface area (Å²) in [7, 11) is 1.97. The first kappa shape index (κ1) is 12.2. The van der Waals surface area contributed by atoms with E-state index < -0.39 is 0 Å². The van der Waals surface area contributed by atoms with Crippen LogP contribution in [-0.4, -0.2) is 36.6 Å². The normalized spacial score (nSPS) is 10.3. The molecule has 0 radical (unpaired) electrons. The molecule has 1 aromatic heterocycles. The predicted octanol–water partition coefficient (Wildman–Crippen LogP) is 1.57. The number of aromatic nitrogens is 2. The van der Waals surface area contributed by atoms with Gasteiger partial charge in [-0.3, -0.25) is 0 Å². The second-order valence-corrected chi connectivity index (χ2v) is 3.77. The van der Waals surface area contributed by atoms with Gasteiger partial charge in [0, 0.05) is 20.1 Å². The molecule has 0 saturated carbocycles. The van der Waals surface area contributed by atoms with Crippen LogP contribution in [0.5, 0.6) is 0 Å². The summed E-state index contributed by atoms with van der Waals surface area (Å²) < 4.78 is 0. The van der Waals surface area contributed by atoms with Gasteiger partial charge in [0.15, 0.2) is 5.82 Å². The Labute approximate surface area is 95.7 Å². The minimum absolute atomic E-state index is 0.593. The lowest BCUT2D eigenvalue weighted by Gasteiger charge is -2.18. The number of rotatable bonds is 6. The molecule has 1 heterocycles. The average Bonchev–Trinajstić information content (AvgIpc) is 2.25. The van der Waals surface area contributed by atoms with Crippen molar-refractivity contribution in [3.05, 3.63) is 17.5 Å². The minimum atomic E-state index is 0.593. The third-order valence-corrected chi connectivity index (χ3v) is 2.33. The zero-order valence-corrected chi connectivity index (χ0v) is 9.96. The molecular formula is C10H17ClN4. The van der Waals surface area contributed by atoms with Crippen LogP contribution in [0.4, 0.5) is 5.82 Å². The van der Waals surface area contributed by atoms with E-state index in [4.69, 9.17) is 11.6 Å². The highest BCUT2D eigenvalue weighted by Crippen LogP contribution is 2.19. The molecule has 0 unspecified atom stereocenters. The van der Waals surface area contributed by atoms with Crippen molar-refractivity contribution in [1.29, 1.82) is 0 Å². The minimum Gasteiger partial charge on any atom is -0.357 e. The van der Waals surface area contributed by atoms with Gasteiger partial charge in [0.1, 0.15) is 11.3 Å². The van der Waals surface area contributed by atoms with Crippen molar-refractivity contribution in [2.24, 2.45) is 0 Å². The second kappa shape index (κ2) is 6.58. The first-order chi connectivity index (χ1) is 7.25. The molecule has 0 aliphatic carbocycles. The van der Waals surface area contributed by atoms with E-state index in [2.05, 4.69) is 22.2 Å². The monoisotopic (exact) mass is 228 g/mol. The highest BCUT2D eigenvalue weighted by Gasteiger charge is 2.06. The summed E-state index contributed by atoms with van der Waals surface area (Å²) in [4.78, 5) is 10.0. The summed E-state index contributed by atoms with van der Waals surface area (Å²) in [5.41, 5.74) is 0. The van der Waals surface area contributed by atoms with E-state index in [1.807, 2.05) is 11.9 Å². The number of nitrogens with one attached hydrogen (secondary N) is 1. The molecule has 0 saturated heterocycles. The Kier molecular flexibility index (Phi) is 5.36. The van der Waals surface area contributed by atoms with Crippen molar-refractivity contribution in [2.45, 2.75) is 13.3 Å². The van der Waals surface area contributed by atoms with Crippen LogP contribution in [0.2, 0.25) is 5.02 Å². The SMILES string of the molecule is CCCNCCN(C)c1ncncc1Cl. The van der Waals surface area contributed by atoms with Crippen LogP contribution in [0.3, 0.4) is 0 Å². The van der Waals surface area contributed by atoms with E-state index in [0.717, 1.165) is 31.9 Å². The van der Waals surface area contributed by atoms with Crippen LogP contribution in [0, 0.1) is 0 Å². The molecule has 84 valence electrons. The van der Waals surface area contributed by atoms with Crippen molar-refractivity contribution in [1.82, 2.24) is 15.3 Å². The maximum atomic E-state index is 5.97. The molecule has 0 aliphatic rings. The van der Waals surface area contributed by atoms with Gasteiger partial charge in [0.2, 0.25) is 0 Å². The van der Waals surface area contributed by atoms with Crippen molar-refractivity contribution >= 4 is 17.4 Å². The van der Waals surface area contributed by atoms with Crippen molar-refractivity contribution < 1.29 is 0 Å². The molecule has 4 nitrogen and oxygen atoms in total. The van der Waals surface area contributed by atoms with Crippen LogP contribution in [0.15, 0.2) is 12.5 Å². The van der Waals surface area contributed by atoms with Crippen molar-refractivity contribution in [3.63, 3.8) is 0 Å². The molecule has 0 aromatic carbocycles. The average molecular weight is 229 g/mol. The topological polar surface area (TPSA) is 41.0 Å². The predicted molar refractivity (Wildman–Crippen MR) is 63.5 cm³/mol. The molecule has 0 fully saturated rings. The molecule has 0 aliphatic heterocycles. The summed E-state index contributed by atoms with van der Waals surface area (Å²) in [6, 6.07) is 0. The van der Waals surface area contributed by atoms with Gasteiger partial charge in [0.25, 0.3) is 0 Å². The largest absolute Gasteiger partial charge is 0.357 e. The number of likely N-dealkylation sites (N-methyl/N-ethyl adjacent to an activating group) is 1. The van der Waals surface area contributed by atoms with Gasteiger partial charge < -0.3 is 10.2 Å². The molecule has 5 heteroatoms. The summed E-state index contributed by atoms with van der Waals surface area (Å²) in [5, 5.41) is 3.92. The third-order valence-electron chi connectivity index (χ3n) is 2.06. The molecule has 1 N–H and O–H groups in total. The Hall–Kier alpha value is -0.870. The molecule has 1 aromatic rings. The smallest absolute Gasteiger partial charge is 0.150 e. The third kappa shape index (κ3) is 4.01. The van der Waals surface area contributed by atoms with E-state index in [0.29, 0.717) is 5.02 Å². The molecule has 0 spiro atoms. The zero-order chi connectivity index (χ0) is 11.1. The van der Waals surface area contributed by atoms with Gasteiger partial charge in [-0.2, -0.15) is 0 Å². The highest BCUT2D eigenvalue weighted by atomic mass is 35.5. The summed E-state index contributed by atoms with van der Waals surface area (Å²) in [5.74, 6) is 0.782. The Balaban J connectivity index is 2.40. The number of hydrogen-bond acceptors (Lipinski definition) is 4.